The number of methoxy groups -OCH3 is 1. The van der Waals surface area contributed by atoms with Crippen LogP contribution in [0.2, 0.25) is 0 Å². The first-order valence-electron chi connectivity index (χ1n) is 6.54. The van der Waals surface area contributed by atoms with Gasteiger partial charge in [-0.1, -0.05) is 12.1 Å². The van der Waals surface area contributed by atoms with Crippen LogP contribution < -0.4 is 21.1 Å². The molecule has 0 fully saturated rings. The topological polar surface area (TPSA) is 81.6 Å². The van der Waals surface area contributed by atoms with E-state index in [2.05, 4.69) is 0 Å². The van der Waals surface area contributed by atoms with Crippen LogP contribution in [0.3, 0.4) is 0 Å². The van der Waals surface area contributed by atoms with Crippen LogP contribution in [0.25, 0.3) is 0 Å². The van der Waals surface area contributed by atoms with Crippen molar-refractivity contribution < 1.29 is 9.53 Å². The molecule has 5 heteroatoms. The number of primary amides is 1. The lowest BCUT2D eigenvalue weighted by Crippen LogP contribution is -2.19. The molecule has 0 aromatic heterocycles. The third-order valence-electron chi connectivity index (χ3n) is 3.30. The number of nitrogen functional groups attached to an aromatic ring is 1. The van der Waals surface area contributed by atoms with E-state index in [1.54, 1.807) is 19.2 Å². The van der Waals surface area contributed by atoms with E-state index < -0.39 is 5.91 Å². The molecule has 0 bridgehead atoms. The van der Waals surface area contributed by atoms with Crippen molar-refractivity contribution in [2.75, 3.05) is 24.8 Å². The Kier molecular flexibility index (Phi) is 4.33. The maximum absolute atomic E-state index is 11.3. The van der Waals surface area contributed by atoms with Gasteiger partial charge in [0.25, 0.3) is 5.91 Å². The number of hydrogen-bond donors (Lipinski definition) is 2. The second kappa shape index (κ2) is 6.17. The molecular weight excluding hydrogens is 266 g/mol. The summed E-state index contributed by atoms with van der Waals surface area (Å²) in [6.45, 7) is 0.680. The average molecular weight is 285 g/mol. The standard InChI is InChI=1S/C16H19N3O2/c1-19(10-11-4-3-5-13(8-11)21-2)12-6-7-15(17)14(9-12)16(18)20/h3-9H,10,17H2,1-2H3,(H2,18,20). The molecule has 2 aromatic carbocycles. The lowest BCUT2D eigenvalue weighted by molar-refractivity contribution is 0.100. The molecule has 0 aliphatic carbocycles. The summed E-state index contributed by atoms with van der Waals surface area (Å²) in [5.41, 5.74) is 13.8. The maximum Gasteiger partial charge on any atom is 0.250 e. The first-order valence-corrected chi connectivity index (χ1v) is 6.54. The molecule has 2 aromatic rings. The molecule has 110 valence electrons. The van der Waals surface area contributed by atoms with Gasteiger partial charge in [0.05, 0.1) is 12.7 Å². The quantitative estimate of drug-likeness (QED) is 0.823. The molecule has 2 rings (SSSR count). The summed E-state index contributed by atoms with van der Waals surface area (Å²) in [5, 5.41) is 0. The smallest absolute Gasteiger partial charge is 0.250 e. The van der Waals surface area contributed by atoms with Crippen LogP contribution >= 0.6 is 0 Å². The van der Waals surface area contributed by atoms with Gasteiger partial charge in [-0.05, 0) is 35.9 Å². The second-order valence-corrected chi connectivity index (χ2v) is 4.84. The van der Waals surface area contributed by atoms with Gasteiger partial charge in [-0.25, -0.2) is 0 Å². The Bertz CT molecular complexity index is 656. The Morgan fingerprint density at radius 3 is 2.67 bits per heavy atom. The van der Waals surface area contributed by atoms with Crippen molar-refractivity contribution >= 4 is 17.3 Å². The van der Waals surface area contributed by atoms with Crippen LogP contribution in [0.15, 0.2) is 42.5 Å². The zero-order valence-corrected chi connectivity index (χ0v) is 12.2. The van der Waals surface area contributed by atoms with E-state index in [0.29, 0.717) is 17.8 Å². The number of hydrogen-bond acceptors (Lipinski definition) is 4. The molecular formula is C16H19N3O2. The van der Waals surface area contributed by atoms with Crippen molar-refractivity contribution in [1.82, 2.24) is 0 Å². The first-order chi connectivity index (χ1) is 10.0. The molecule has 0 atom stereocenters. The number of carbonyl (C=O) groups excluding carboxylic acids is 1. The van der Waals surface area contributed by atoms with E-state index in [9.17, 15) is 4.79 Å². The van der Waals surface area contributed by atoms with Gasteiger partial charge in [0.2, 0.25) is 0 Å². The van der Waals surface area contributed by atoms with E-state index in [4.69, 9.17) is 16.2 Å². The molecule has 0 heterocycles. The van der Waals surface area contributed by atoms with Gasteiger partial charge >= 0.3 is 0 Å². The van der Waals surface area contributed by atoms with Crippen molar-refractivity contribution in [2.24, 2.45) is 5.73 Å². The van der Waals surface area contributed by atoms with Crippen molar-refractivity contribution in [3.63, 3.8) is 0 Å². The Morgan fingerprint density at radius 2 is 2.00 bits per heavy atom. The molecule has 5 nitrogen and oxygen atoms in total. The Balaban J connectivity index is 2.21. The first kappa shape index (κ1) is 14.7. The minimum absolute atomic E-state index is 0.338. The SMILES string of the molecule is COc1cccc(CN(C)c2ccc(N)c(C(N)=O)c2)c1. The van der Waals surface area contributed by atoms with Gasteiger partial charge in [-0.15, -0.1) is 0 Å². The third kappa shape index (κ3) is 3.45. The lowest BCUT2D eigenvalue weighted by Gasteiger charge is -2.20. The summed E-state index contributed by atoms with van der Waals surface area (Å²) < 4.78 is 5.21. The van der Waals surface area contributed by atoms with Gasteiger partial charge in [-0.3, -0.25) is 4.79 Å². The molecule has 0 spiro atoms. The predicted octanol–water partition coefficient (Wildman–Crippen LogP) is 2.01. The van der Waals surface area contributed by atoms with E-state index in [-0.39, 0.29) is 0 Å². The number of amides is 1. The summed E-state index contributed by atoms with van der Waals surface area (Å²) >= 11 is 0. The van der Waals surface area contributed by atoms with Crippen LogP contribution in [0, 0.1) is 0 Å². The van der Waals surface area contributed by atoms with Gasteiger partial charge < -0.3 is 21.1 Å². The van der Waals surface area contributed by atoms with E-state index in [1.165, 1.54) is 0 Å². The van der Waals surface area contributed by atoms with E-state index in [1.807, 2.05) is 42.3 Å². The largest absolute Gasteiger partial charge is 0.497 e. The molecule has 0 aliphatic rings. The Labute approximate surface area is 124 Å². The third-order valence-corrected chi connectivity index (χ3v) is 3.30. The number of nitrogens with two attached hydrogens (primary N) is 2. The molecule has 0 saturated heterocycles. The number of carbonyl (C=O) groups is 1. The number of anilines is 2. The van der Waals surface area contributed by atoms with E-state index in [0.717, 1.165) is 17.0 Å². The monoisotopic (exact) mass is 285 g/mol. The van der Waals surface area contributed by atoms with Crippen molar-refractivity contribution in [3.8, 4) is 5.75 Å². The van der Waals surface area contributed by atoms with E-state index >= 15 is 0 Å². The minimum Gasteiger partial charge on any atom is -0.497 e. The number of ether oxygens (including phenoxy) is 1. The molecule has 4 N–H and O–H groups in total. The molecule has 0 aliphatic heterocycles. The average Bonchev–Trinajstić information content (AvgIpc) is 2.47. The summed E-state index contributed by atoms with van der Waals surface area (Å²) in [6, 6.07) is 13.1. The number of rotatable bonds is 5. The van der Waals surface area contributed by atoms with Crippen LogP contribution in [0.4, 0.5) is 11.4 Å². The normalized spacial score (nSPS) is 10.2. The highest BCUT2D eigenvalue weighted by atomic mass is 16.5. The molecule has 21 heavy (non-hydrogen) atoms. The van der Waals surface area contributed by atoms with Crippen LogP contribution in [0.1, 0.15) is 15.9 Å². The zero-order valence-electron chi connectivity index (χ0n) is 12.2. The van der Waals surface area contributed by atoms with Gasteiger partial charge in [0, 0.05) is 25.0 Å². The highest BCUT2D eigenvalue weighted by Gasteiger charge is 2.09. The van der Waals surface area contributed by atoms with Crippen molar-refractivity contribution in [1.29, 1.82) is 0 Å². The van der Waals surface area contributed by atoms with Crippen LogP contribution in [-0.4, -0.2) is 20.1 Å². The predicted molar refractivity (Wildman–Crippen MR) is 84.5 cm³/mol. The van der Waals surface area contributed by atoms with Gasteiger partial charge in [0.1, 0.15) is 5.75 Å². The second-order valence-electron chi connectivity index (χ2n) is 4.84. The highest BCUT2D eigenvalue weighted by Crippen LogP contribution is 2.22. The van der Waals surface area contributed by atoms with Crippen LogP contribution in [0.5, 0.6) is 5.75 Å². The van der Waals surface area contributed by atoms with Crippen LogP contribution in [-0.2, 0) is 6.54 Å². The molecule has 0 saturated carbocycles. The highest BCUT2D eigenvalue weighted by molar-refractivity contribution is 5.99. The maximum atomic E-state index is 11.3. The Morgan fingerprint density at radius 1 is 1.24 bits per heavy atom. The molecule has 0 unspecified atom stereocenters. The summed E-state index contributed by atoms with van der Waals surface area (Å²) in [7, 11) is 3.58. The zero-order chi connectivity index (χ0) is 15.4. The fourth-order valence-electron chi connectivity index (χ4n) is 2.13. The molecule has 0 radical (unpaired) electrons. The van der Waals surface area contributed by atoms with Gasteiger partial charge in [-0.2, -0.15) is 0 Å². The fraction of sp³-hybridized carbons (Fsp3) is 0.188. The summed E-state index contributed by atoms with van der Waals surface area (Å²) in [4.78, 5) is 13.4. The minimum atomic E-state index is -0.524. The van der Waals surface area contributed by atoms with Gasteiger partial charge in [0.15, 0.2) is 0 Å². The van der Waals surface area contributed by atoms with Crippen molar-refractivity contribution in [3.05, 3.63) is 53.6 Å². The lowest BCUT2D eigenvalue weighted by atomic mass is 10.1. The summed E-state index contributed by atoms with van der Waals surface area (Å²) in [6.07, 6.45) is 0. The summed E-state index contributed by atoms with van der Waals surface area (Å²) in [5.74, 6) is 0.292. The van der Waals surface area contributed by atoms with Crippen molar-refractivity contribution in [2.45, 2.75) is 6.54 Å². The number of nitrogens with zero attached hydrogens (tertiary/aromatic N) is 1. The number of benzene rings is 2. The molecule has 1 amide bonds. The fourth-order valence-corrected chi connectivity index (χ4v) is 2.13. The Hall–Kier alpha value is -2.69.